The molecule has 0 bridgehead atoms. The Morgan fingerprint density at radius 2 is 2.00 bits per heavy atom. The first-order valence-corrected chi connectivity index (χ1v) is 6.70. The van der Waals surface area contributed by atoms with Gasteiger partial charge in [0, 0.05) is 6.54 Å². The molecule has 1 aliphatic rings. The van der Waals surface area contributed by atoms with E-state index in [2.05, 4.69) is 33.0 Å². The average molecular weight is 241 g/mol. The van der Waals surface area contributed by atoms with Gasteiger partial charge in [-0.25, -0.2) is 0 Å². The van der Waals surface area contributed by atoms with Crippen LogP contribution in [0.1, 0.15) is 53.4 Å². The third-order valence-electron chi connectivity index (χ3n) is 3.78. The minimum absolute atomic E-state index is 0.0105. The van der Waals surface area contributed by atoms with Gasteiger partial charge in [0.1, 0.15) is 0 Å². The van der Waals surface area contributed by atoms with Crippen molar-refractivity contribution in [2.75, 3.05) is 13.2 Å². The molecule has 1 fully saturated rings. The Morgan fingerprint density at radius 1 is 1.41 bits per heavy atom. The van der Waals surface area contributed by atoms with E-state index in [1.165, 1.54) is 0 Å². The summed E-state index contributed by atoms with van der Waals surface area (Å²) in [6.45, 7) is 9.45. The Labute approximate surface area is 105 Å². The number of hydrogen-bond donors (Lipinski definition) is 2. The van der Waals surface area contributed by atoms with Crippen molar-refractivity contribution >= 4 is 5.91 Å². The van der Waals surface area contributed by atoms with Gasteiger partial charge in [-0.3, -0.25) is 4.79 Å². The van der Waals surface area contributed by atoms with E-state index < -0.39 is 5.41 Å². The maximum Gasteiger partial charge on any atom is 0.228 e. The quantitative estimate of drug-likeness (QED) is 0.750. The number of nitrogens with one attached hydrogen (secondary N) is 1. The minimum Gasteiger partial charge on any atom is -0.395 e. The van der Waals surface area contributed by atoms with Gasteiger partial charge in [-0.2, -0.15) is 0 Å². The molecule has 1 rings (SSSR count). The predicted molar refractivity (Wildman–Crippen MR) is 69.6 cm³/mol. The Morgan fingerprint density at radius 3 is 2.35 bits per heavy atom. The third-order valence-corrected chi connectivity index (χ3v) is 3.78. The second kappa shape index (κ2) is 5.38. The van der Waals surface area contributed by atoms with E-state index in [1.807, 2.05) is 0 Å². The molecular formula is C14H27NO2. The first-order chi connectivity index (χ1) is 7.81. The van der Waals surface area contributed by atoms with Crippen LogP contribution < -0.4 is 5.32 Å². The lowest BCUT2D eigenvalue weighted by atomic mass is 9.68. The molecule has 100 valence electrons. The molecule has 0 atom stereocenters. The monoisotopic (exact) mass is 241 g/mol. The van der Waals surface area contributed by atoms with E-state index in [-0.39, 0.29) is 17.9 Å². The summed E-state index contributed by atoms with van der Waals surface area (Å²) >= 11 is 0. The molecular weight excluding hydrogens is 214 g/mol. The van der Waals surface area contributed by atoms with Gasteiger partial charge in [0.2, 0.25) is 5.91 Å². The van der Waals surface area contributed by atoms with Crippen molar-refractivity contribution in [2.45, 2.75) is 53.4 Å². The topological polar surface area (TPSA) is 49.3 Å². The smallest absolute Gasteiger partial charge is 0.228 e. The molecule has 0 spiro atoms. The van der Waals surface area contributed by atoms with E-state index in [4.69, 9.17) is 0 Å². The molecule has 0 unspecified atom stereocenters. The summed E-state index contributed by atoms with van der Waals surface area (Å²) in [5, 5.41) is 12.3. The van der Waals surface area contributed by atoms with Crippen LogP contribution in [0.15, 0.2) is 0 Å². The van der Waals surface area contributed by atoms with Gasteiger partial charge in [-0.05, 0) is 30.6 Å². The van der Waals surface area contributed by atoms with Crippen molar-refractivity contribution in [2.24, 2.45) is 16.7 Å². The van der Waals surface area contributed by atoms with Crippen molar-refractivity contribution in [1.29, 1.82) is 0 Å². The van der Waals surface area contributed by atoms with Crippen LogP contribution in [0.5, 0.6) is 0 Å². The van der Waals surface area contributed by atoms with Crippen molar-refractivity contribution in [1.82, 2.24) is 5.32 Å². The van der Waals surface area contributed by atoms with E-state index in [0.29, 0.717) is 12.5 Å². The minimum atomic E-state index is -0.464. The van der Waals surface area contributed by atoms with E-state index >= 15 is 0 Å². The molecule has 1 saturated carbocycles. The number of hydrogen-bond acceptors (Lipinski definition) is 2. The molecule has 0 radical (unpaired) electrons. The number of carbonyl (C=O) groups excluding carboxylic acids is 1. The Bertz CT molecular complexity index is 262. The fraction of sp³-hybridized carbons (Fsp3) is 0.929. The van der Waals surface area contributed by atoms with Crippen molar-refractivity contribution in [3.63, 3.8) is 0 Å². The summed E-state index contributed by atoms with van der Waals surface area (Å²) < 4.78 is 0. The van der Waals surface area contributed by atoms with E-state index in [1.54, 1.807) is 0 Å². The zero-order valence-corrected chi connectivity index (χ0v) is 11.7. The van der Waals surface area contributed by atoms with Gasteiger partial charge in [-0.1, -0.05) is 34.1 Å². The highest BCUT2D eigenvalue weighted by Gasteiger charge is 2.43. The molecule has 0 aliphatic heterocycles. The van der Waals surface area contributed by atoms with Crippen LogP contribution in [0.4, 0.5) is 0 Å². The van der Waals surface area contributed by atoms with Crippen LogP contribution in [-0.2, 0) is 4.79 Å². The Hall–Kier alpha value is -0.570. The summed E-state index contributed by atoms with van der Waals surface area (Å²) in [6, 6.07) is 0. The van der Waals surface area contributed by atoms with Gasteiger partial charge < -0.3 is 10.4 Å². The molecule has 2 N–H and O–H groups in total. The molecule has 1 amide bonds. The van der Waals surface area contributed by atoms with Gasteiger partial charge in [0.05, 0.1) is 12.0 Å². The summed E-state index contributed by atoms with van der Waals surface area (Å²) in [5.41, 5.74) is -0.335. The number of aliphatic hydroxyl groups excluding tert-OH is 1. The lowest BCUT2D eigenvalue weighted by Crippen LogP contribution is -2.50. The van der Waals surface area contributed by atoms with Crippen LogP contribution in [-0.4, -0.2) is 24.2 Å². The summed E-state index contributed by atoms with van der Waals surface area (Å²) in [5.74, 6) is 0.681. The van der Waals surface area contributed by atoms with Gasteiger partial charge >= 0.3 is 0 Å². The van der Waals surface area contributed by atoms with Crippen LogP contribution in [0, 0.1) is 16.7 Å². The number of aliphatic hydroxyl groups is 1. The largest absolute Gasteiger partial charge is 0.395 e. The SMILES string of the molecule is CC(C)CC(C)(C)CNC(=O)C1(CO)CCC1. The van der Waals surface area contributed by atoms with Gasteiger partial charge in [0.15, 0.2) is 0 Å². The number of amides is 1. The van der Waals surface area contributed by atoms with Crippen molar-refractivity contribution in [3.05, 3.63) is 0 Å². The molecule has 0 aromatic carbocycles. The van der Waals surface area contributed by atoms with Crippen molar-refractivity contribution in [3.8, 4) is 0 Å². The van der Waals surface area contributed by atoms with E-state index in [9.17, 15) is 9.90 Å². The number of carbonyl (C=O) groups is 1. The van der Waals surface area contributed by atoms with Crippen LogP contribution >= 0.6 is 0 Å². The Balaban J connectivity index is 2.42. The molecule has 0 aromatic rings. The highest BCUT2D eigenvalue weighted by atomic mass is 16.3. The molecule has 0 heterocycles. The number of rotatable bonds is 6. The maximum atomic E-state index is 12.0. The third kappa shape index (κ3) is 3.70. The second-order valence-electron chi connectivity index (χ2n) is 6.74. The average Bonchev–Trinajstić information content (AvgIpc) is 2.12. The molecule has 0 saturated heterocycles. The normalized spacial score (nSPS) is 18.9. The maximum absolute atomic E-state index is 12.0. The zero-order valence-electron chi connectivity index (χ0n) is 11.7. The van der Waals surface area contributed by atoms with E-state index in [0.717, 1.165) is 25.7 Å². The first-order valence-electron chi connectivity index (χ1n) is 6.70. The van der Waals surface area contributed by atoms with Crippen LogP contribution in [0.25, 0.3) is 0 Å². The predicted octanol–water partition coefficient (Wildman–Crippen LogP) is 2.34. The molecule has 3 nitrogen and oxygen atoms in total. The highest BCUT2D eigenvalue weighted by Crippen LogP contribution is 2.40. The molecule has 3 heteroatoms. The first kappa shape index (κ1) is 14.5. The lowest BCUT2D eigenvalue weighted by Gasteiger charge is -2.39. The summed E-state index contributed by atoms with van der Waals surface area (Å²) in [7, 11) is 0. The highest BCUT2D eigenvalue weighted by molar-refractivity contribution is 5.83. The lowest BCUT2D eigenvalue weighted by molar-refractivity contribution is -0.139. The second-order valence-corrected chi connectivity index (χ2v) is 6.74. The fourth-order valence-electron chi connectivity index (χ4n) is 2.74. The molecule has 1 aliphatic carbocycles. The fourth-order valence-corrected chi connectivity index (χ4v) is 2.74. The Kier molecular flexibility index (Phi) is 4.59. The molecule has 0 aromatic heterocycles. The molecule has 17 heavy (non-hydrogen) atoms. The van der Waals surface area contributed by atoms with Crippen molar-refractivity contribution < 1.29 is 9.90 Å². The van der Waals surface area contributed by atoms with Gasteiger partial charge in [-0.15, -0.1) is 0 Å². The summed E-state index contributed by atoms with van der Waals surface area (Å²) in [4.78, 5) is 12.0. The van der Waals surface area contributed by atoms with Crippen LogP contribution in [0.2, 0.25) is 0 Å². The summed E-state index contributed by atoms with van der Waals surface area (Å²) in [6.07, 6.45) is 3.82. The zero-order chi connectivity index (χ0) is 13.1. The standard InChI is InChI=1S/C14H27NO2/c1-11(2)8-13(3,4)9-15-12(17)14(10-16)6-5-7-14/h11,16H,5-10H2,1-4H3,(H,15,17). The van der Waals surface area contributed by atoms with Crippen LogP contribution in [0.3, 0.4) is 0 Å². The van der Waals surface area contributed by atoms with Gasteiger partial charge in [0.25, 0.3) is 0 Å².